The van der Waals surface area contributed by atoms with Crippen LogP contribution in [0.2, 0.25) is 5.02 Å². The molecule has 0 aliphatic carbocycles. The van der Waals surface area contributed by atoms with E-state index in [1.54, 1.807) is 30.3 Å². The Morgan fingerprint density at radius 3 is 2.79 bits per heavy atom. The number of halogens is 2. The number of carbonyl (C=O) groups is 1. The zero-order valence-electron chi connectivity index (χ0n) is 22.8. The quantitative estimate of drug-likeness (QED) is 0.278. The summed E-state index contributed by atoms with van der Waals surface area (Å²) in [6.45, 7) is 3.74. The summed E-state index contributed by atoms with van der Waals surface area (Å²) >= 11 is 5.95. The summed E-state index contributed by atoms with van der Waals surface area (Å²) in [5, 5.41) is 9.86. The number of nitrogens with zero attached hydrogens (tertiary/aromatic N) is 3. The molecule has 216 valence electrons. The number of rotatable bonds is 7. The highest BCUT2D eigenvalue weighted by molar-refractivity contribution is 6.30. The summed E-state index contributed by atoms with van der Waals surface area (Å²) in [4.78, 5) is 18.8. The monoisotopic (exact) mass is 589 g/mol. The smallest absolute Gasteiger partial charge is 0.335 e. The Morgan fingerprint density at radius 1 is 1.17 bits per heavy atom. The minimum Gasteiger partial charge on any atom is -0.485 e. The molecule has 8 nitrogen and oxygen atoms in total. The maximum Gasteiger partial charge on any atom is 0.335 e. The highest BCUT2D eigenvalue weighted by atomic mass is 35.5. The van der Waals surface area contributed by atoms with Gasteiger partial charge in [-0.15, -0.1) is 0 Å². The molecule has 1 N–H and O–H groups in total. The molecule has 0 spiro atoms. The third-order valence-electron chi connectivity index (χ3n) is 8.20. The van der Waals surface area contributed by atoms with Crippen molar-refractivity contribution in [2.75, 3.05) is 26.3 Å². The van der Waals surface area contributed by atoms with Crippen LogP contribution >= 0.6 is 11.6 Å². The molecule has 0 bridgehead atoms. The van der Waals surface area contributed by atoms with Crippen molar-refractivity contribution in [1.29, 1.82) is 0 Å². The van der Waals surface area contributed by atoms with Crippen molar-refractivity contribution in [3.63, 3.8) is 0 Å². The van der Waals surface area contributed by atoms with Gasteiger partial charge in [-0.3, -0.25) is 4.90 Å². The van der Waals surface area contributed by atoms with E-state index in [9.17, 15) is 14.3 Å². The van der Waals surface area contributed by atoms with Crippen molar-refractivity contribution in [2.45, 2.75) is 38.1 Å². The molecule has 42 heavy (non-hydrogen) atoms. The first-order valence-corrected chi connectivity index (χ1v) is 14.4. The third kappa shape index (κ3) is 5.12. The highest BCUT2D eigenvalue weighted by Gasteiger charge is 2.29. The van der Waals surface area contributed by atoms with Crippen LogP contribution < -0.4 is 9.47 Å². The van der Waals surface area contributed by atoms with Gasteiger partial charge in [0, 0.05) is 35.8 Å². The molecule has 3 aromatic carbocycles. The molecule has 7 rings (SSSR count). The number of fused-ring (bicyclic) bond motifs is 2. The second kappa shape index (κ2) is 11.1. The van der Waals surface area contributed by atoms with Crippen molar-refractivity contribution in [3.05, 3.63) is 94.0 Å². The van der Waals surface area contributed by atoms with Gasteiger partial charge in [-0.25, -0.2) is 14.2 Å². The van der Waals surface area contributed by atoms with Crippen molar-refractivity contribution < 1.29 is 28.5 Å². The highest BCUT2D eigenvalue weighted by Crippen LogP contribution is 2.43. The molecular formula is C32H29ClFN3O5. The van der Waals surface area contributed by atoms with Gasteiger partial charge < -0.3 is 23.9 Å². The predicted octanol–water partition coefficient (Wildman–Crippen LogP) is 6.12. The number of benzene rings is 3. The summed E-state index contributed by atoms with van der Waals surface area (Å²) in [6.07, 6.45) is 3.49. The average molecular weight is 590 g/mol. The molecule has 4 aromatic rings. The van der Waals surface area contributed by atoms with Gasteiger partial charge in [0.1, 0.15) is 18.2 Å². The minimum atomic E-state index is -0.957. The molecule has 3 aliphatic rings. The Hall–Kier alpha value is -3.92. The fraction of sp³-hybridized carbons (Fsp3) is 0.312. The lowest BCUT2D eigenvalue weighted by Crippen LogP contribution is -2.33. The molecule has 1 saturated heterocycles. The summed E-state index contributed by atoms with van der Waals surface area (Å²) in [5.41, 5.74) is 4.34. The number of carboxylic acid groups (broad SMARTS) is 1. The largest absolute Gasteiger partial charge is 0.485 e. The van der Waals surface area contributed by atoms with Gasteiger partial charge >= 0.3 is 5.97 Å². The lowest BCUT2D eigenvalue weighted by Gasteiger charge is -2.31. The van der Waals surface area contributed by atoms with Crippen LogP contribution in [-0.2, 0) is 17.8 Å². The number of imidazole rings is 1. The first kappa shape index (κ1) is 26.9. The SMILES string of the molecule is O=C(O)c1ccc2nc(CN3CC=C(c4cccc5c4O[C@H](c4ccc(Cl)cc4F)CO5)CC3)n(C[C@@H]3CCO3)c2c1. The number of carboxylic acids is 1. The van der Waals surface area contributed by atoms with Crippen LogP contribution in [0.25, 0.3) is 16.6 Å². The Bertz CT molecular complexity index is 1720. The molecule has 2 atom stereocenters. The Balaban J connectivity index is 1.12. The molecule has 0 unspecified atom stereocenters. The number of para-hydroxylation sites is 1. The molecule has 1 aromatic heterocycles. The van der Waals surface area contributed by atoms with E-state index in [2.05, 4.69) is 15.5 Å². The van der Waals surface area contributed by atoms with Crippen LogP contribution in [0.4, 0.5) is 4.39 Å². The number of hydrogen-bond acceptors (Lipinski definition) is 6. The predicted molar refractivity (Wildman–Crippen MR) is 156 cm³/mol. The van der Waals surface area contributed by atoms with E-state index in [1.165, 1.54) is 6.07 Å². The van der Waals surface area contributed by atoms with Gasteiger partial charge in [-0.05, 0) is 54.8 Å². The second-order valence-electron chi connectivity index (χ2n) is 10.9. The maximum atomic E-state index is 14.7. The van der Waals surface area contributed by atoms with Crippen LogP contribution in [-0.4, -0.2) is 57.9 Å². The zero-order valence-corrected chi connectivity index (χ0v) is 23.5. The Labute approximate surface area is 246 Å². The van der Waals surface area contributed by atoms with Crippen molar-refractivity contribution in [2.24, 2.45) is 0 Å². The van der Waals surface area contributed by atoms with Crippen LogP contribution in [0, 0.1) is 5.82 Å². The lowest BCUT2D eigenvalue weighted by molar-refractivity contribution is -0.0591. The molecule has 10 heteroatoms. The van der Waals surface area contributed by atoms with Crippen LogP contribution in [0.5, 0.6) is 11.5 Å². The van der Waals surface area contributed by atoms with Gasteiger partial charge in [0.15, 0.2) is 17.6 Å². The van der Waals surface area contributed by atoms with E-state index >= 15 is 0 Å². The molecule has 3 aliphatic heterocycles. The fourth-order valence-corrected chi connectivity index (χ4v) is 5.98. The van der Waals surface area contributed by atoms with Gasteiger partial charge in [0.2, 0.25) is 0 Å². The van der Waals surface area contributed by atoms with Gasteiger partial charge in [-0.2, -0.15) is 0 Å². The molecule has 0 saturated carbocycles. The average Bonchev–Trinajstić information content (AvgIpc) is 3.30. The number of aromatic nitrogens is 2. The van der Waals surface area contributed by atoms with Crippen molar-refractivity contribution in [1.82, 2.24) is 14.5 Å². The third-order valence-corrected chi connectivity index (χ3v) is 8.43. The number of aromatic carboxylic acids is 1. The summed E-state index contributed by atoms with van der Waals surface area (Å²) in [7, 11) is 0. The van der Waals surface area contributed by atoms with E-state index in [0.29, 0.717) is 41.7 Å². The van der Waals surface area contributed by atoms with Gasteiger partial charge in [0.05, 0.1) is 35.8 Å². The van der Waals surface area contributed by atoms with Gasteiger partial charge in [-0.1, -0.05) is 35.9 Å². The lowest BCUT2D eigenvalue weighted by atomic mass is 9.97. The van der Waals surface area contributed by atoms with Crippen molar-refractivity contribution in [3.8, 4) is 11.5 Å². The van der Waals surface area contributed by atoms with Crippen LogP contribution in [0.1, 0.15) is 46.3 Å². The number of hydrogen-bond donors (Lipinski definition) is 1. The topological polar surface area (TPSA) is 86.0 Å². The molecule has 0 amide bonds. The van der Waals surface area contributed by atoms with E-state index in [-0.39, 0.29) is 18.3 Å². The summed E-state index contributed by atoms with van der Waals surface area (Å²) in [6, 6.07) is 15.5. The standard InChI is InChI=1S/C32H29ClFN3O5/c33-21-5-6-24(25(34)15-21)29-18-41-28-3-1-2-23(31(28)42-29)19-8-11-36(12-9-19)17-30-35-26-7-4-20(32(38)39)14-27(26)37(30)16-22-10-13-40-22/h1-8,14-15,22,29H,9-13,16-18H2,(H,38,39)/t22-,29-/m0/s1. The second-order valence-corrected chi connectivity index (χ2v) is 11.3. The van der Waals surface area contributed by atoms with E-state index in [0.717, 1.165) is 54.0 Å². The minimum absolute atomic E-state index is 0.110. The summed E-state index contributed by atoms with van der Waals surface area (Å²) in [5.74, 6) is 0.788. The van der Waals surface area contributed by atoms with Crippen molar-refractivity contribution >= 4 is 34.2 Å². The number of ether oxygens (including phenoxy) is 3. The zero-order chi connectivity index (χ0) is 28.8. The van der Waals surface area contributed by atoms with E-state index < -0.39 is 17.9 Å². The Morgan fingerprint density at radius 2 is 2.05 bits per heavy atom. The fourth-order valence-electron chi connectivity index (χ4n) is 5.82. The maximum absolute atomic E-state index is 14.7. The Kier molecular flexibility index (Phi) is 7.09. The van der Waals surface area contributed by atoms with Crippen LogP contribution in [0.3, 0.4) is 0 Å². The first-order valence-electron chi connectivity index (χ1n) is 14.1. The van der Waals surface area contributed by atoms with E-state index in [4.69, 9.17) is 30.8 Å². The van der Waals surface area contributed by atoms with Gasteiger partial charge in [0.25, 0.3) is 0 Å². The first-order chi connectivity index (χ1) is 20.4. The molecule has 1 fully saturated rings. The van der Waals surface area contributed by atoms with E-state index in [1.807, 2.05) is 18.2 Å². The molecular weight excluding hydrogens is 561 g/mol. The summed E-state index contributed by atoms with van der Waals surface area (Å²) < 4.78 is 34.8. The molecule has 4 heterocycles. The molecule has 0 radical (unpaired) electrons. The van der Waals surface area contributed by atoms with Crippen LogP contribution in [0.15, 0.2) is 60.7 Å². The normalized spacial score (nSPS) is 20.3.